The highest BCUT2D eigenvalue weighted by Crippen LogP contribution is 2.24. The Balaban J connectivity index is 3.35. The van der Waals surface area contributed by atoms with Gasteiger partial charge in [0.05, 0.1) is 4.90 Å². The Morgan fingerprint density at radius 1 is 1.42 bits per heavy atom. The predicted molar refractivity (Wildman–Crippen MR) is 43.5 cm³/mol. The predicted octanol–water partition coefficient (Wildman–Crippen LogP) is 2.50. The molecular formula is C8H6F2OS. The summed E-state index contributed by atoms with van der Waals surface area (Å²) >= 11 is 1.01. The number of benzene rings is 1. The number of rotatable bonds is 2. The zero-order chi connectivity index (χ0) is 9.14. The molecule has 0 radical (unpaired) electrons. The summed E-state index contributed by atoms with van der Waals surface area (Å²) in [6, 6.07) is 2.20. The molecule has 0 amide bonds. The molecular weight excluding hydrogens is 182 g/mol. The van der Waals surface area contributed by atoms with Crippen molar-refractivity contribution in [3.05, 3.63) is 29.3 Å². The van der Waals surface area contributed by atoms with Crippen LogP contribution < -0.4 is 0 Å². The first-order valence-electron chi connectivity index (χ1n) is 3.18. The highest BCUT2D eigenvalue weighted by Gasteiger charge is 2.11. The van der Waals surface area contributed by atoms with Gasteiger partial charge in [-0.2, -0.15) is 0 Å². The van der Waals surface area contributed by atoms with Crippen LogP contribution >= 0.6 is 11.8 Å². The minimum absolute atomic E-state index is 0.0602. The van der Waals surface area contributed by atoms with Gasteiger partial charge in [0.1, 0.15) is 0 Å². The fourth-order valence-corrected chi connectivity index (χ4v) is 1.48. The van der Waals surface area contributed by atoms with E-state index in [4.69, 9.17) is 0 Å². The van der Waals surface area contributed by atoms with Crippen LogP contribution in [-0.2, 0) is 0 Å². The third kappa shape index (κ3) is 1.48. The van der Waals surface area contributed by atoms with Crippen LogP contribution in [0.25, 0.3) is 0 Å². The van der Waals surface area contributed by atoms with Crippen LogP contribution in [0, 0.1) is 11.6 Å². The molecule has 0 spiro atoms. The van der Waals surface area contributed by atoms with Gasteiger partial charge in [-0.25, -0.2) is 8.78 Å². The number of thioether (sulfide) groups is 1. The molecule has 0 aliphatic heterocycles. The molecule has 0 saturated heterocycles. The average Bonchev–Trinajstić information content (AvgIpc) is 2.09. The molecule has 0 fully saturated rings. The first-order chi connectivity index (χ1) is 5.70. The lowest BCUT2D eigenvalue weighted by atomic mass is 10.2. The molecule has 0 aromatic heterocycles. The molecule has 0 heterocycles. The Bertz CT molecular complexity index is 312. The van der Waals surface area contributed by atoms with Gasteiger partial charge in [-0.15, -0.1) is 11.8 Å². The second kappa shape index (κ2) is 3.67. The summed E-state index contributed by atoms with van der Waals surface area (Å²) in [4.78, 5) is 10.4. The van der Waals surface area contributed by atoms with Crippen molar-refractivity contribution in [1.29, 1.82) is 0 Å². The Labute approximate surface area is 72.8 Å². The van der Waals surface area contributed by atoms with Gasteiger partial charge in [0.2, 0.25) is 0 Å². The minimum atomic E-state index is -0.952. The number of carbonyl (C=O) groups is 1. The maximum Gasteiger partial charge on any atom is 0.173 e. The van der Waals surface area contributed by atoms with Crippen molar-refractivity contribution in [2.45, 2.75) is 4.90 Å². The monoisotopic (exact) mass is 188 g/mol. The van der Waals surface area contributed by atoms with E-state index in [1.54, 1.807) is 6.26 Å². The number of hydrogen-bond donors (Lipinski definition) is 0. The molecule has 0 saturated carbocycles. The van der Waals surface area contributed by atoms with Crippen LogP contribution in [-0.4, -0.2) is 12.5 Å². The molecule has 4 heteroatoms. The van der Waals surface area contributed by atoms with Gasteiger partial charge in [0.15, 0.2) is 17.9 Å². The van der Waals surface area contributed by atoms with E-state index in [1.165, 1.54) is 6.07 Å². The van der Waals surface area contributed by atoms with E-state index in [9.17, 15) is 13.6 Å². The van der Waals surface area contributed by atoms with E-state index in [0.29, 0.717) is 6.29 Å². The molecule has 1 rings (SSSR count). The van der Waals surface area contributed by atoms with Crippen molar-refractivity contribution in [1.82, 2.24) is 0 Å². The van der Waals surface area contributed by atoms with Gasteiger partial charge in [-0.05, 0) is 18.4 Å². The van der Waals surface area contributed by atoms with Gasteiger partial charge >= 0.3 is 0 Å². The highest BCUT2D eigenvalue weighted by molar-refractivity contribution is 7.98. The molecule has 0 aliphatic rings. The van der Waals surface area contributed by atoms with Gasteiger partial charge in [-0.3, -0.25) is 4.79 Å². The largest absolute Gasteiger partial charge is 0.298 e. The Kier molecular flexibility index (Phi) is 2.81. The molecule has 0 atom stereocenters. The second-order valence-electron chi connectivity index (χ2n) is 2.10. The first-order valence-corrected chi connectivity index (χ1v) is 4.40. The lowest BCUT2D eigenvalue weighted by Gasteiger charge is -2.02. The van der Waals surface area contributed by atoms with Crippen molar-refractivity contribution in [2.24, 2.45) is 0 Å². The lowest BCUT2D eigenvalue weighted by molar-refractivity contribution is 0.112. The van der Waals surface area contributed by atoms with E-state index in [0.717, 1.165) is 17.8 Å². The van der Waals surface area contributed by atoms with Gasteiger partial charge in [0.25, 0.3) is 0 Å². The zero-order valence-corrected chi connectivity index (χ0v) is 7.12. The van der Waals surface area contributed by atoms with E-state index >= 15 is 0 Å². The van der Waals surface area contributed by atoms with E-state index in [-0.39, 0.29) is 10.5 Å². The van der Waals surface area contributed by atoms with Crippen LogP contribution in [0.4, 0.5) is 8.78 Å². The normalized spacial score (nSPS) is 9.92. The number of hydrogen-bond acceptors (Lipinski definition) is 2. The molecule has 64 valence electrons. The van der Waals surface area contributed by atoms with Gasteiger partial charge < -0.3 is 0 Å². The molecule has 0 unspecified atom stereocenters. The van der Waals surface area contributed by atoms with E-state index in [1.807, 2.05) is 0 Å². The van der Waals surface area contributed by atoms with Gasteiger partial charge in [-0.1, -0.05) is 0 Å². The SMILES string of the molecule is CSc1c(C=O)ccc(F)c1F. The van der Waals surface area contributed by atoms with Crippen LogP contribution in [0.5, 0.6) is 0 Å². The molecule has 0 bridgehead atoms. The smallest absolute Gasteiger partial charge is 0.173 e. The summed E-state index contributed by atoms with van der Waals surface area (Å²) < 4.78 is 25.5. The lowest BCUT2D eigenvalue weighted by Crippen LogP contribution is -1.93. The van der Waals surface area contributed by atoms with Crippen LogP contribution in [0.3, 0.4) is 0 Å². The maximum absolute atomic E-state index is 12.9. The Morgan fingerprint density at radius 2 is 2.08 bits per heavy atom. The topological polar surface area (TPSA) is 17.1 Å². The summed E-state index contributed by atoms with van der Waals surface area (Å²) in [5, 5.41) is 0. The first kappa shape index (κ1) is 9.19. The Morgan fingerprint density at radius 3 is 2.58 bits per heavy atom. The van der Waals surface area contributed by atoms with Crippen molar-refractivity contribution in [3.63, 3.8) is 0 Å². The summed E-state index contributed by atoms with van der Waals surface area (Å²) in [6.45, 7) is 0. The van der Waals surface area contributed by atoms with E-state index < -0.39 is 11.6 Å². The maximum atomic E-state index is 12.9. The summed E-state index contributed by atoms with van der Waals surface area (Å²) in [6.07, 6.45) is 2.10. The van der Waals surface area contributed by atoms with Gasteiger partial charge in [0, 0.05) is 5.56 Å². The summed E-state index contributed by atoms with van der Waals surface area (Å²) in [5.41, 5.74) is 0.182. The summed E-state index contributed by atoms with van der Waals surface area (Å²) in [7, 11) is 0. The molecule has 0 aliphatic carbocycles. The third-order valence-electron chi connectivity index (χ3n) is 1.41. The number of carbonyl (C=O) groups excluding carboxylic acids is 1. The van der Waals surface area contributed by atoms with Crippen molar-refractivity contribution in [2.75, 3.05) is 6.26 Å². The van der Waals surface area contributed by atoms with Crippen molar-refractivity contribution < 1.29 is 13.6 Å². The molecule has 12 heavy (non-hydrogen) atoms. The van der Waals surface area contributed by atoms with Crippen LogP contribution in [0.15, 0.2) is 17.0 Å². The van der Waals surface area contributed by atoms with Crippen LogP contribution in [0.2, 0.25) is 0 Å². The van der Waals surface area contributed by atoms with Crippen molar-refractivity contribution >= 4 is 18.0 Å². The average molecular weight is 188 g/mol. The number of halogens is 2. The van der Waals surface area contributed by atoms with Crippen LogP contribution in [0.1, 0.15) is 10.4 Å². The third-order valence-corrected chi connectivity index (χ3v) is 2.23. The molecule has 1 aromatic carbocycles. The quantitative estimate of drug-likeness (QED) is 0.524. The fourth-order valence-electron chi connectivity index (χ4n) is 0.847. The minimum Gasteiger partial charge on any atom is -0.298 e. The second-order valence-corrected chi connectivity index (χ2v) is 2.92. The molecule has 1 aromatic rings. The highest BCUT2D eigenvalue weighted by atomic mass is 32.2. The molecule has 1 nitrogen and oxygen atoms in total. The molecule has 0 N–H and O–H groups in total. The standard InChI is InChI=1S/C8H6F2OS/c1-12-8-5(4-11)2-3-6(9)7(8)10/h2-4H,1H3. The fraction of sp³-hybridized carbons (Fsp3) is 0.125. The Hall–Kier alpha value is -0.900. The number of aldehydes is 1. The van der Waals surface area contributed by atoms with Crippen molar-refractivity contribution in [3.8, 4) is 0 Å². The summed E-state index contributed by atoms with van der Waals surface area (Å²) in [5.74, 6) is -1.88. The zero-order valence-electron chi connectivity index (χ0n) is 6.30. The van der Waals surface area contributed by atoms with E-state index in [2.05, 4.69) is 0 Å².